The van der Waals surface area contributed by atoms with Gasteiger partial charge in [0.1, 0.15) is 0 Å². The summed E-state index contributed by atoms with van der Waals surface area (Å²) in [5, 5.41) is 15.9. The third-order valence-electron chi connectivity index (χ3n) is 7.87. The van der Waals surface area contributed by atoms with Crippen molar-refractivity contribution < 1.29 is 14.7 Å². The minimum atomic E-state index is -0.881. The Morgan fingerprint density at radius 1 is 1.23 bits per heavy atom. The molecule has 0 amide bonds. The normalized spacial score (nSPS) is 26.5. The van der Waals surface area contributed by atoms with Crippen LogP contribution in [0.2, 0.25) is 10.0 Å². The van der Waals surface area contributed by atoms with Crippen LogP contribution in [0, 0.1) is 23.2 Å². The number of hydrogen-bond donors (Lipinski definition) is 1. The fraction of sp³-hybridized carbons (Fsp3) is 0.448. The molecule has 0 spiro atoms. The molecular formula is C29H31Cl2NO3. The number of carboxylic acids is 1. The number of nitrogens with zero attached hydrogens (tertiary/aromatic N) is 1. The summed E-state index contributed by atoms with van der Waals surface area (Å²) in [6, 6.07) is 11.7. The van der Waals surface area contributed by atoms with Crippen molar-refractivity contribution in [1.82, 2.24) is 0 Å². The smallest absolute Gasteiger partial charge is 0.309 e. The van der Waals surface area contributed by atoms with Crippen LogP contribution in [-0.2, 0) is 15.0 Å². The maximum absolute atomic E-state index is 12.5. The molecule has 0 aromatic heterocycles. The minimum Gasteiger partial charge on any atom is -0.481 e. The first-order valence-electron chi connectivity index (χ1n) is 12.1. The maximum Gasteiger partial charge on any atom is 0.309 e. The Kier molecular flexibility index (Phi) is 7.23. The van der Waals surface area contributed by atoms with Gasteiger partial charge in [-0.3, -0.25) is 4.79 Å². The monoisotopic (exact) mass is 511 g/mol. The van der Waals surface area contributed by atoms with E-state index in [-0.39, 0.29) is 23.9 Å². The van der Waals surface area contributed by atoms with Gasteiger partial charge in [0.2, 0.25) is 0 Å². The summed E-state index contributed by atoms with van der Waals surface area (Å²) < 4.78 is 0. The number of hydrogen-bond acceptors (Lipinski definition) is 3. The van der Waals surface area contributed by atoms with Gasteiger partial charge in [0.05, 0.1) is 16.1 Å². The van der Waals surface area contributed by atoms with Crippen LogP contribution in [0.4, 0.5) is 0 Å². The van der Waals surface area contributed by atoms with Gasteiger partial charge in [0.15, 0.2) is 6.61 Å². The SMILES string of the molecule is CC(C)c1c(Cl)cc2c(c1Cl)/C(=N/OCC#Cc1ccccc1)C[C@H]1[C@](C)(C(=O)O)CCC[C@]21C. The van der Waals surface area contributed by atoms with Crippen LogP contribution in [0.3, 0.4) is 0 Å². The third-order valence-corrected chi connectivity index (χ3v) is 8.57. The molecule has 4 rings (SSSR count). The maximum atomic E-state index is 12.5. The van der Waals surface area contributed by atoms with Crippen molar-refractivity contribution in [2.24, 2.45) is 16.5 Å². The molecule has 0 radical (unpaired) electrons. The average Bonchev–Trinajstić information content (AvgIpc) is 2.80. The van der Waals surface area contributed by atoms with Crippen molar-refractivity contribution in [3.05, 3.63) is 68.7 Å². The van der Waals surface area contributed by atoms with Gasteiger partial charge in [0.25, 0.3) is 0 Å². The first-order valence-corrected chi connectivity index (χ1v) is 12.8. The van der Waals surface area contributed by atoms with E-state index in [1.54, 1.807) is 0 Å². The summed E-state index contributed by atoms with van der Waals surface area (Å²) >= 11 is 13.8. The number of fused-ring (bicyclic) bond motifs is 3. The Morgan fingerprint density at radius 3 is 2.60 bits per heavy atom. The molecule has 0 heterocycles. The summed E-state index contributed by atoms with van der Waals surface area (Å²) in [7, 11) is 0. The van der Waals surface area contributed by atoms with Gasteiger partial charge in [-0.1, -0.05) is 85.6 Å². The molecular weight excluding hydrogens is 481 g/mol. The van der Waals surface area contributed by atoms with Crippen molar-refractivity contribution in [1.29, 1.82) is 0 Å². The zero-order valence-electron chi connectivity index (χ0n) is 20.6. The van der Waals surface area contributed by atoms with Crippen LogP contribution in [0.15, 0.2) is 41.6 Å². The van der Waals surface area contributed by atoms with Crippen LogP contribution < -0.4 is 0 Å². The van der Waals surface area contributed by atoms with Gasteiger partial charge in [-0.25, -0.2) is 0 Å². The fourth-order valence-corrected chi connectivity index (χ4v) is 6.98. The van der Waals surface area contributed by atoms with E-state index in [0.29, 0.717) is 28.6 Å². The Balaban J connectivity index is 1.78. The lowest BCUT2D eigenvalue weighted by Gasteiger charge is -2.53. The van der Waals surface area contributed by atoms with Crippen LogP contribution >= 0.6 is 23.2 Å². The second kappa shape index (κ2) is 9.88. The molecule has 184 valence electrons. The Morgan fingerprint density at radius 2 is 1.94 bits per heavy atom. The molecule has 2 aromatic carbocycles. The molecule has 2 aromatic rings. The summed E-state index contributed by atoms with van der Waals surface area (Å²) in [6.45, 7) is 8.25. The molecule has 3 atom stereocenters. The molecule has 0 aliphatic heterocycles. The van der Waals surface area contributed by atoms with Gasteiger partial charge in [-0.2, -0.15) is 0 Å². The van der Waals surface area contributed by atoms with Crippen LogP contribution in [0.5, 0.6) is 0 Å². The van der Waals surface area contributed by atoms with Crippen LogP contribution in [0.25, 0.3) is 0 Å². The highest BCUT2D eigenvalue weighted by atomic mass is 35.5. The Hall–Kier alpha value is -2.48. The zero-order valence-corrected chi connectivity index (χ0v) is 22.1. The molecule has 0 bridgehead atoms. The Bertz CT molecular complexity index is 1230. The lowest BCUT2D eigenvalue weighted by atomic mass is 9.49. The largest absolute Gasteiger partial charge is 0.481 e. The van der Waals surface area contributed by atoms with E-state index in [9.17, 15) is 9.90 Å². The highest BCUT2D eigenvalue weighted by molar-refractivity contribution is 6.39. The van der Waals surface area contributed by atoms with Gasteiger partial charge < -0.3 is 9.94 Å². The number of carbonyl (C=O) groups is 1. The summed E-state index contributed by atoms with van der Waals surface area (Å²) in [4.78, 5) is 18.1. The van der Waals surface area contributed by atoms with E-state index in [2.05, 4.69) is 37.8 Å². The van der Waals surface area contributed by atoms with Crippen molar-refractivity contribution in [2.75, 3.05) is 6.61 Å². The lowest BCUT2D eigenvalue weighted by Crippen LogP contribution is -2.53. The quantitative estimate of drug-likeness (QED) is 0.263. The molecule has 2 aliphatic carbocycles. The predicted molar refractivity (Wildman–Crippen MR) is 141 cm³/mol. The van der Waals surface area contributed by atoms with Gasteiger partial charge >= 0.3 is 5.97 Å². The Labute approximate surface area is 217 Å². The van der Waals surface area contributed by atoms with E-state index >= 15 is 0 Å². The third kappa shape index (κ3) is 4.57. The highest BCUT2D eigenvalue weighted by Gasteiger charge is 2.57. The highest BCUT2D eigenvalue weighted by Crippen LogP contribution is 2.59. The number of carboxylic acid groups (broad SMARTS) is 1. The number of aliphatic carboxylic acids is 1. The van der Waals surface area contributed by atoms with Crippen molar-refractivity contribution in [3.63, 3.8) is 0 Å². The summed E-state index contributed by atoms with van der Waals surface area (Å²) in [6.07, 6.45) is 2.80. The fourth-order valence-electron chi connectivity index (χ4n) is 5.98. The number of oxime groups is 1. The standard InChI is InChI=1S/C29H31Cl2NO3/c1-18(2)24-21(30)16-20-25(26(24)31)22(32-35-15-8-12-19-10-6-5-7-11-19)17-23-28(20,3)13-9-14-29(23,4)27(33)34/h5-7,10-11,16,18,23H,9,13-15,17H2,1-4H3,(H,33,34)/b32-22+/t23-,28-,29-/m1/s1. The predicted octanol–water partition coefficient (Wildman–Crippen LogP) is 7.44. The molecule has 1 saturated carbocycles. The molecule has 1 N–H and O–H groups in total. The molecule has 1 fully saturated rings. The summed E-state index contributed by atoms with van der Waals surface area (Å²) in [5.74, 6) is 5.23. The molecule has 4 nitrogen and oxygen atoms in total. The second-order valence-electron chi connectivity index (χ2n) is 10.4. The van der Waals surface area contributed by atoms with E-state index in [1.807, 2.05) is 43.3 Å². The van der Waals surface area contributed by atoms with Gasteiger partial charge in [-0.15, -0.1) is 0 Å². The van der Waals surface area contributed by atoms with E-state index < -0.39 is 11.4 Å². The van der Waals surface area contributed by atoms with E-state index in [4.69, 9.17) is 28.0 Å². The average molecular weight is 512 g/mol. The van der Waals surface area contributed by atoms with Crippen molar-refractivity contribution in [3.8, 4) is 11.8 Å². The minimum absolute atomic E-state index is 0.119. The first kappa shape index (κ1) is 25.6. The molecule has 6 heteroatoms. The number of rotatable bonds is 4. The van der Waals surface area contributed by atoms with E-state index in [0.717, 1.165) is 35.1 Å². The topological polar surface area (TPSA) is 58.9 Å². The first-order chi connectivity index (χ1) is 16.6. The van der Waals surface area contributed by atoms with Crippen molar-refractivity contribution in [2.45, 2.75) is 64.7 Å². The van der Waals surface area contributed by atoms with E-state index in [1.165, 1.54) is 0 Å². The van der Waals surface area contributed by atoms with Gasteiger partial charge in [-0.05, 0) is 72.8 Å². The van der Waals surface area contributed by atoms with Crippen LogP contribution in [-0.4, -0.2) is 23.4 Å². The molecule has 35 heavy (non-hydrogen) atoms. The lowest BCUT2D eigenvalue weighted by molar-refractivity contribution is -0.156. The number of benzene rings is 2. The number of halogens is 2. The summed E-state index contributed by atoms with van der Waals surface area (Å²) in [5.41, 5.74) is 3.00. The zero-order chi connectivity index (χ0) is 25.4. The van der Waals surface area contributed by atoms with Crippen molar-refractivity contribution >= 4 is 34.9 Å². The second-order valence-corrected chi connectivity index (χ2v) is 11.2. The van der Waals surface area contributed by atoms with Gasteiger partial charge in [0, 0.05) is 16.1 Å². The molecule has 2 aliphatic rings. The van der Waals surface area contributed by atoms with Crippen LogP contribution in [0.1, 0.15) is 81.5 Å². The molecule has 0 saturated heterocycles. The molecule has 0 unspecified atom stereocenters.